The molecule has 1 aromatic carbocycles. The van der Waals surface area contributed by atoms with Crippen LogP contribution in [0, 0.1) is 13.8 Å². The minimum atomic E-state index is 0.323. The summed E-state index contributed by atoms with van der Waals surface area (Å²) >= 11 is 0. The molecule has 2 heteroatoms. The molecule has 0 bridgehead atoms. The van der Waals surface area contributed by atoms with Crippen LogP contribution in [0.5, 0.6) is 5.75 Å². The highest BCUT2D eigenvalue weighted by Crippen LogP contribution is 2.34. The van der Waals surface area contributed by atoms with E-state index >= 15 is 0 Å². The zero-order valence-corrected chi connectivity index (χ0v) is 9.05. The Morgan fingerprint density at radius 3 is 2.93 bits per heavy atom. The quantitative estimate of drug-likeness (QED) is 0.737. The van der Waals surface area contributed by atoms with E-state index in [1.165, 1.54) is 11.1 Å². The molecule has 0 aliphatic carbocycles. The smallest absolute Gasteiger partial charge is 0.145 e. The molecule has 0 amide bonds. The molecule has 0 radical (unpaired) electrons. The molecule has 14 heavy (non-hydrogen) atoms. The van der Waals surface area contributed by atoms with Crippen molar-refractivity contribution in [2.75, 3.05) is 11.9 Å². The third-order valence-electron chi connectivity index (χ3n) is 2.68. The van der Waals surface area contributed by atoms with Gasteiger partial charge in [0.05, 0.1) is 12.2 Å². The topological polar surface area (TPSA) is 21.3 Å². The van der Waals surface area contributed by atoms with E-state index in [4.69, 9.17) is 4.74 Å². The van der Waals surface area contributed by atoms with E-state index in [9.17, 15) is 0 Å². The van der Waals surface area contributed by atoms with Crippen molar-refractivity contribution in [3.8, 4) is 5.75 Å². The predicted octanol–water partition coefficient (Wildman–Crippen LogP) is 2.89. The summed E-state index contributed by atoms with van der Waals surface area (Å²) in [6.45, 7) is 7.29. The summed E-state index contributed by atoms with van der Waals surface area (Å²) < 4.78 is 5.90. The number of hydrogen-bond donors (Lipinski definition) is 1. The normalized spacial score (nSPS) is 19.5. The van der Waals surface area contributed by atoms with Gasteiger partial charge in [-0.25, -0.2) is 0 Å². The minimum Gasteiger partial charge on any atom is -0.486 e. The summed E-state index contributed by atoms with van der Waals surface area (Å²) in [5, 5.41) is 3.42. The standard InChI is InChI=1S/C12H17NO/c1-4-10-7-13-11-6-8(2)5-9(3)12(11)14-10/h5-6,10,13H,4,7H2,1-3H3. The van der Waals surface area contributed by atoms with Crippen LogP contribution in [0.1, 0.15) is 24.5 Å². The molecule has 1 aliphatic heterocycles. The molecular weight excluding hydrogens is 174 g/mol. The fourth-order valence-electron chi connectivity index (χ4n) is 1.90. The van der Waals surface area contributed by atoms with Gasteiger partial charge in [0.15, 0.2) is 0 Å². The van der Waals surface area contributed by atoms with Crippen LogP contribution in [0.15, 0.2) is 12.1 Å². The zero-order chi connectivity index (χ0) is 10.1. The molecule has 2 nitrogen and oxygen atoms in total. The second kappa shape index (κ2) is 3.52. The number of benzene rings is 1. The fraction of sp³-hybridized carbons (Fsp3) is 0.500. The van der Waals surface area contributed by atoms with E-state index in [2.05, 4.69) is 38.2 Å². The molecule has 1 N–H and O–H groups in total. The first-order valence-corrected chi connectivity index (χ1v) is 5.22. The highest BCUT2D eigenvalue weighted by atomic mass is 16.5. The van der Waals surface area contributed by atoms with Crippen molar-refractivity contribution in [1.82, 2.24) is 0 Å². The average molecular weight is 191 g/mol. The number of rotatable bonds is 1. The van der Waals surface area contributed by atoms with Crippen LogP contribution in [0.4, 0.5) is 5.69 Å². The van der Waals surface area contributed by atoms with Crippen LogP contribution in [0.3, 0.4) is 0 Å². The Balaban J connectivity index is 2.37. The van der Waals surface area contributed by atoms with Gasteiger partial charge in [-0.05, 0) is 37.5 Å². The van der Waals surface area contributed by atoms with Crippen molar-refractivity contribution < 1.29 is 4.74 Å². The Bertz CT molecular complexity index is 346. The maximum absolute atomic E-state index is 5.90. The van der Waals surface area contributed by atoms with Gasteiger partial charge in [-0.3, -0.25) is 0 Å². The molecule has 1 aliphatic rings. The first-order chi connectivity index (χ1) is 6.70. The Morgan fingerprint density at radius 1 is 1.43 bits per heavy atom. The van der Waals surface area contributed by atoms with Gasteiger partial charge >= 0.3 is 0 Å². The maximum atomic E-state index is 5.90. The number of fused-ring (bicyclic) bond motifs is 1. The van der Waals surface area contributed by atoms with Crippen LogP contribution in [0.25, 0.3) is 0 Å². The molecule has 1 unspecified atom stereocenters. The lowest BCUT2D eigenvalue weighted by Crippen LogP contribution is -2.30. The van der Waals surface area contributed by atoms with Gasteiger partial charge in [-0.2, -0.15) is 0 Å². The molecule has 0 fully saturated rings. The summed E-state index contributed by atoms with van der Waals surface area (Å²) in [7, 11) is 0. The number of hydrogen-bond acceptors (Lipinski definition) is 2. The van der Waals surface area contributed by atoms with Crippen molar-refractivity contribution in [3.05, 3.63) is 23.3 Å². The lowest BCUT2D eigenvalue weighted by Gasteiger charge is -2.28. The van der Waals surface area contributed by atoms with E-state index in [1.54, 1.807) is 0 Å². The Morgan fingerprint density at radius 2 is 2.21 bits per heavy atom. The molecule has 2 rings (SSSR count). The molecule has 0 saturated heterocycles. The number of aryl methyl sites for hydroxylation is 2. The first kappa shape index (κ1) is 9.38. The first-order valence-electron chi connectivity index (χ1n) is 5.22. The minimum absolute atomic E-state index is 0.323. The van der Waals surface area contributed by atoms with Gasteiger partial charge in [-0.15, -0.1) is 0 Å². The van der Waals surface area contributed by atoms with Gasteiger partial charge < -0.3 is 10.1 Å². The second-order valence-electron chi connectivity index (χ2n) is 3.99. The Labute approximate surface area is 85.3 Å². The van der Waals surface area contributed by atoms with Crippen molar-refractivity contribution >= 4 is 5.69 Å². The fourth-order valence-corrected chi connectivity index (χ4v) is 1.90. The van der Waals surface area contributed by atoms with Gasteiger partial charge in [0.1, 0.15) is 11.9 Å². The molecule has 1 atom stereocenters. The average Bonchev–Trinajstić information content (AvgIpc) is 2.17. The van der Waals surface area contributed by atoms with E-state index in [1.807, 2.05) is 0 Å². The lowest BCUT2D eigenvalue weighted by atomic mass is 10.1. The molecular formula is C12H17NO. The summed E-state index contributed by atoms with van der Waals surface area (Å²) in [4.78, 5) is 0. The number of anilines is 1. The lowest BCUT2D eigenvalue weighted by molar-refractivity contribution is 0.200. The van der Waals surface area contributed by atoms with Gasteiger partial charge in [-0.1, -0.05) is 13.0 Å². The molecule has 1 aromatic rings. The molecule has 0 spiro atoms. The summed E-state index contributed by atoms with van der Waals surface area (Å²) in [5.74, 6) is 1.04. The summed E-state index contributed by atoms with van der Waals surface area (Å²) in [6, 6.07) is 4.31. The van der Waals surface area contributed by atoms with Crippen molar-refractivity contribution in [2.45, 2.75) is 33.3 Å². The maximum Gasteiger partial charge on any atom is 0.145 e. The number of ether oxygens (including phenoxy) is 1. The van der Waals surface area contributed by atoms with E-state index in [-0.39, 0.29) is 0 Å². The highest BCUT2D eigenvalue weighted by Gasteiger charge is 2.19. The SMILES string of the molecule is CCC1CNc2cc(C)cc(C)c2O1. The summed E-state index contributed by atoms with van der Waals surface area (Å²) in [6.07, 6.45) is 1.38. The Hall–Kier alpha value is -1.18. The van der Waals surface area contributed by atoms with Gasteiger partial charge in [0, 0.05) is 0 Å². The van der Waals surface area contributed by atoms with Gasteiger partial charge in [0.25, 0.3) is 0 Å². The Kier molecular flexibility index (Phi) is 2.36. The molecule has 1 heterocycles. The molecule has 0 saturated carbocycles. The molecule has 76 valence electrons. The third-order valence-corrected chi connectivity index (χ3v) is 2.68. The summed E-state index contributed by atoms with van der Waals surface area (Å²) in [5.41, 5.74) is 3.66. The van der Waals surface area contributed by atoms with Crippen LogP contribution in [0.2, 0.25) is 0 Å². The van der Waals surface area contributed by atoms with E-state index in [0.717, 1.165) is 24.4 Å². The van der Waals surface area contributed by atoms with Gasteiger partial charge in [0.2, 0.25) is 0 Å². The predicted molar refractivity (Wildman–Crippen MR) is 59.1 cm³/mol. The zero-order valence-electron chi connectivity index (χ0n) is 9.05. The van der Waals surface area contributed by atoms with E-state index < -0.39 is 0 Å². The van der Waals surface area contributed by atoms with Crippen LogP contribution < -0.4 is 10.1 Å². The second-order valence-corrected chi connectivity index (χ2v) is 3.99. The van der Waals surface area contributed by atoms with Crippen LogP contribution in [-0.4, -0.2) is 12.6 Å². The monoisotopic (exact) mass is 191 g/mol. The van der Waals surface area contributed by atoms with Crippen molar-refractivity contribution in [3.63, 3.8) is 0 Å². The van der Waals surface area contributed by atoms with Crippen molar-refractivity contribution in [1.29, 1.82) is 0 Å². The largest absolute Gasteiger partial charge is 0.486 e. The molecule has 0 aromatic heterocycles. The van der Waals surface area contributed by atoms with E-state index in [0.29, 0.717) is 6.10 Å². The highest BCUT2D eigenvalue weighted by molar-refractivity contribution is 5.63. The van der Waals surface area contributed by atoms with Crippen molar-refractivity contribution in [2.24, 2.45) is 0 Å². The number of nitrogens with one attached hydrogen (secondary N) is 1. The van der Waals surface area contributed by atoms with Crippen LogP contribution >= 0.6 is 0 Å². The third kappa shape index (κ3) is 1.57. The van der Waals surface area contributed by atoms with Crippen LogP contribution in [-0.2, 0) is 0 Å².